The second-order valence-corrected chi connectivity index (χ2v) is 32.3. The van der Waals surface area contributed by atoms with E-state index in [-0.39, 0.29) is 88.1 Å². The van der Waals surface area contributed by atoms with Crippen molar-refractivity contribution in [3.8, 4) is 89.0 Å². The zero-order valence-electron chi connectivity index (χ0n) is 57.8. The topological polar surface area (TPSA) is 0 Å². The summed E-state index contributed by atoms with van der Waals surface area (Å²) in [7, 11) is -3.39. The summed E-state index contributed by atoms with van der Waals surface area (Å²) < 4.78 is 361. The van der Waals surface area contributed by atoms with Gasteiger partial charge in [0, 0.05) is 18.4 Å². The quantitative estimate of drug-likeness (QED) is 0.115. The van der Waals surface area contributed by atoms with Gasteiger partial charge in [0.25, 0.3) is 0 Å². The standard InChI is InChI=1S/C88H48F24P.BrH/c89-81(90,91)61-27-55(28-62(37-61)82(92,93)94)51-21-52(56-29-63(83(95,96)97)38-64(30-56)84(98,99)100)24-59(23-51)73-35-47-11-3-7-15-71(47)79-75(73)43-113(41-49-19-17-45-9-1-5-13-69(45)77(49)78-50(42-113)20-18-46-10-2-6-14-70(46)78)44-76-74(36-48-12-4-8-16-72(48)80(76)79)60-25-53(57-31-65(85(101,102)103)39-66(32-57)86(104,105)106)22-54(26-60)58-33-67(87(107,108)109)40-68(34-58)88(110,111)112;/h1-40H,41-44H2;1H/q+1;/p-1. The fourth-order valence-electron chi connectivity index (χ4n) is 16.1. The Morgan fingerprint density at radius 3 is 0.649 bits per heavy atom. The molecule has 0 amide bonds. The Bertz CT molecular complexity index is 5570. The first-order valence-corrected chi connectivity index (χ1v) is 36.9. The Hall–Kier alpha value is -10.7. The van der Waals surface area contributed by atoms with Crippen LogP contribution >= 0.6 is 7.26 Å². The third kappa shape index (κ3) is 14.7. The molecule has 580 valence electrons. The summed E-state index contributed by atoms with van der Waals surface area (Å²) in [4.78, 5) is 0. The van der Waals surface area contributed by atoms with Gasteiger partial charge >= 0.3 is 49.4 Å². The van der Waals surface area contributed by atoms with Gasteiger partial charge in [-0.05, 0) is 265 Å². The molecule has 0 saturated heterocycles. The van der Waals surface area contributed by atoms with E-state index < -0.39 is 146 Å². The maximum absolute atomic E-state index is 15.0. The molecule has 26 heteroatoms. The summed E-state index contributed by atoms with van der Waals surface area (Å²) in [5.74, 6) is 0. The number of fused-ring (bicyclic) bond motifs is 14. The summed E-state index contributed by atoms with van der Waals surface area (Å²) in [5.41, 5.74) is -16.3. The molecule has 114 heavy (non-hydrogen) atoms. The van der Waals surface area contributed by atoms with Crippen LogP contribution in [-0.2, 0) is 74.1 Å². The Morgan fingerprint density at radius 2 is 0.404 bits per heavy atom. The zero-order valence-corrected chi connectivity index (χ0v) is 60.3. The molecule has 0 saturated carbocycles. The lowest BCUT2D eigenvalue weighted by Crippen LogP contribution is -3.00. The van der Waals surface area contributed by atoms with Gasteiger partial charge in [0.2, 0.25) is 0 Å². The molecule has 0 fully saturated rings. The molecule has 2 aliphatic rings. The van der Waals surface area contributed by atoms with E-state index in [1.807, 2.05) is 72.8 Å². The van der Waals surface area contributed by atoms with Gasteiger partial charge in [0.1, 0.15) is 0 Å². The lowest BCUT2D eigenvalue weighted by molar-refractivity contribution is -0.144. The summed E-state index contributed by atoms with van der Waals surface area (Å²) in [6, 6.07) is 47.3. The average Bonchev–Trinajstić information content (AvgIpc) is 1.51. The number of hydrogen-bond acceptors (Lipinski definition) is 0. The fraction of sp³-hybridized carbons (Fsp3) is 0.136. The van der Waals surface area contributed by atoms with Crippen LogP contribution < -0.4 is 17.0 Å². The van der Waals surface area contributed by atoms with Crippen LogP contribution in [0.2, 0.25) is 0 Å². The van der Waals surface area contributed by atoms with E-state index in [0.29, 0.717) is 92.3 Å². The number of halogens is 25. The number of hydrogen-bond donors (Lipinski definition) is 0. The highest BCUT2D eigenvalue weighted by Crippen LogP contribution is 2.75. The van der Waals surface area contributed by atoms with Crippen molar-refractivity contribution in [2.24, 2.45) is 0 Å². The van der Waals surface area contributed by atoms with Crippen LogP contribution in [0.1, 0.15) is 66.8 Å². The Kier molecular flexibility index (Phi) is 19.0. The largest absolute Gasteiger partial charge is 1.00 e. The highest BCUT2D eigenvalue weighted by Gasteiger charge is 2.49. The van der Waals surface area contributed by atoms with Crippen molar-refractivity contribution in [1.29, 1.82) is 0 Å². The highest BCUT2D eigenvalue weighted by atomic mass is 79.9. The van der Waals surface area contributed by atoms with Crippen LogP contribution in [0, 0.1) is 0 Å². The minimum absolute atomic E-state index is 0. The predicted molar refractivity (Wildman–Crippen MR) is 388 cm³/mol. The Balaban J connectivity index is 0.0000102. The second kappa shape index (κ2) is 27.5. The van der Waals surface area contributed by atoms with Gasteiger partial charge in [-0.15, -0.1) is 0 Å². The van der Waals surface area contributed by atoms with Gasteiger partial charge in [-0.25, -0.2) is 0 Å². The van der Waals surface area contributed by atoms with Crippen LogP contribution in [0.5, 0.6) is 0 Å². The van der Waals surface area contributed by atoms with Crippen molar-refractivity contribution in [3.63, 3.8) is 0 Å². The summed E-state index contributed by atoms with van der Waals surface area (Å²) in [6.45, 7) is 0. The molecule has 0 bridgehead atoms. The molecular formula is C88H48BrF24P. The van der Waals surface area contributed by atoms with Crippen LogP contribution in [0.3, 0.4) is 0 Å². The molecule has 0 aromatic heterocycles. The molecule has 14 aromatic rings. The fourth-order valence-corrected chi connectivity index (χ4v) is 20.8. The normalized spacial score (nSPS) is 14.2. The van der Waals surface area contributed by atoms with E-state index in [2.05, 4.69) is 0 Å². The van der Waals surface area contributed by atoms with Gasteiger partial charge in [-0.2, -0.15) is 105 Å². The minimum atomic E-state index is -5.50. The highest BCUT2D eigenvalue weighted by molar-refractivity contribution is 7.73. The summed E-state index contributed by atoms with van der Waals surface area (Å²) in [6.07, 6.45) is -43.9. The van der Waals surface area contributed by atoms with Crippen molar-refractivity contribution < 1.29 is 122 Å². The van der Waals surface area contributed by atoms with Crippen LogP contribution in [-0.4, -0.2) is 0 Å². The van der Waals surface area contributed by atoms with Crippen molar-refractivity contribution in [3.05, 3.63) is 309 Å². The molecule has 2 heterocycles. The van der Waals surface area contributed by atoms with E-state index in [1.165, 1.54) is 0 Å². The number of rotatable bonds is 6. The molecule has 0 unspecified atom stereocenters. The van der Waals surface area contributed by atoms with E-state index in [1.54, 1.807) is 60.7 Å². The molecule has 0 aliphatic carbocycles. The Labute approximate surface area is 642 Å². The molecule has 0 radical (unpaired) electrons. The lowest BCUT2D eigenvalue weighted by Gasteiger charge is -2.28. The summed E-state index contributed by atoms with van der Waals surface area (Å²) in [5, 5.41) is 4.53. The van der Waals surface area contributed by atoms with Crippen LogP contribution in [0.25, 0.3) is 132 Å². The van der Waals surface area contributed by atoms with E-state index >= 15 is 105 Å². The molecule has 0 atom stereocenters. The third-order valence-corrected chi connectivity index (χ3v) is 25.0. The van der Waals surface area contributed by atoms with Crippen molar-refractivity contribution >= 4 is 50.4 Å². The third-order valence-electron chi connectivity index (χ3n) is 21.0. The van der Waals surface area contributed by atoms with Gasteiger partial charge in [0.05, 0.1) is 69.2 Å². The van der Waals surface area contributed by atoms with Gasteiger partial charge in [0.15, 0.2) is 0 Å². The average molecular weight is 1670 g/mol. The van der Waals surface area contributed by atoms with Crippen molar-refractivity contribution in [2.75, 3.05) is 0 Å². The maximum atomic E-state index is 15.0. The van der Waals surface area contributed by atoms with E-state index in [0.717, 1.165) is 80.2 Å². The molecule has 2 aliphatic heterocycles. The maximum Gasteiger partial charge on any atom is 0.416 e. The molecule has 14 aromatic carbocycles. The zero-order chi connectivity index (χ0) is 80.4. The first kappa shape index (κ1) is 78.6. The van der Waals surface area contributed by atoms with Crippen molar-refractivity contribution in [2.45, 2.75) is 74.1 Å². The lowest BCUT2D eigenvalue weighted by atomic mass is 9.81. The summed E-state index contributed by atoms with van der Waals surface area (Å²) >= 11 is 0. The monoisotopic (exact) mass is 1670 g/mol. The molecular weight excluding hydrogens is 1620 g/mol. The molecule has 16 rings (SSSR count). The van der Waals surface area contributed by atoms with E-state index in [9.17, 15) is 0 Å². The number of benzene rings is 14. The minimum Gasteiger partial charge on any atom is -1.00 e. The molecule has 1 spiro atoms. The smallest absolute Gasteiger partial charge is 0.416 e. The Morgan fingerprint density at radius 1 is 0.193 bits per heavy atom. The van der Waals surface area contributed by atoms with Gasteiger partial charge < -0.3 is 17.0 Å². The van der Waals surface area contributed by atoms with Crippen LogP contribution in [0.15, 0.2) is 243 Å². The first-order chi connectivity index (χ1) is 52.9. The number of alkyl halides is 24. The van der Waals surface area contributed by atoms with Crippen molar-refractivity contribution in [1.82, 2.24) is 0 Å². The first-order valence-electron chi connectivity index (χ1n) is 34.4. The van der Waals surface area contributed by atoms with Crippen LogP contribution in [0.4, 0.5) is 105 Å². The molecule has 0 N–H and O–H groups in total. The van der Waals surface area contributed by atoms with Gasteiger partial charge in [-0.1, -0.05) is 121 Å². The SMILES string of the molecule is FC(F)(F)c1cc(-c2cc(-c3cc(C(F)(F)F)cc(C(F)(F)F)c3)cc(-c3cc4ccccc4c4c3C[P+]3(Cc5ccc6ccccc6c5-c5c(ccc6ccccc56)C3)Cc3c(-c5cc(-c6cc(C(F)(F)F)cc(C(F)(F)F)c6)cc(-c6cc(C(F)(F)F)cc(C(F)(F)F)c6)c5)cc5ccccc5c3-4)c2)cc(C(F)(F)F)c1.[Br-]. The van der Waals surface area contributed by atoms with E-state index in [4.69, 9.17) is 0 Å². The second-order valence-electron chi connectivity index (χ2n) is 28.4. The molecule has 0 nitrogen and oxygen atoms in total. The van der Waals surface area contributed by atoms with Gasteiger partial charge in [-0.3, -0.25) is 0 Å². The predicted octanol–water partition coefficient (Wildman–Crippen LogP) is 27.5.